The number of nitrogens with one attached hydrogen (secondary N) is 2. The van der Waals surface area contributed by atoms with E-state index in [1.807, 2.05) is 0 Å². The summed E-state index contributed by atoms with van der Waals surface area (Å²) < 4.78 is 27.1. The number of halogens is 2. The first-order chi connectivity index (χ1) is 17.1. The highest BCUT2D eigenvalue weighted by molar-refractivity contribution is 6.35. The number of alkyl halides is 1. The maximum atomic E-state index is 13.1. The zero-order valence-electron chi connectivity index (χ0n) is 19.7. The Hall–Kier alpha value is -3.83. The number of hydrogen-bond donors (Lipinski definition) is 3. The van der Waals surface area contributed by atoms with E-state index >= 15 is 0 Å². The fourth-order valence-corrected chi connectivity index (χ4v) is 4.79. The second-order valence-electron chi connectivity index (χ2n) is 9.25. The van der Waals surface area contributed by atoms with Crippen LogP contribution in [0.25, 0.3) is 0 Å². The van der Waals surface area contributed by atoms with Gasteiger partial charge in [0.25, 0.3) is 11.5 Å². The van der Waals surface area contributed by atoms with Crippen LogP contribution in [-0.2, 0) is 28.2 Å². The van der Waals surface area contributed by atoms with Crippen LogP contribution in [-0.4, -0.2) is 57.5 Å². The van der Waals surface area contributed by atoms with Crippen LogP contribution in [0.1, 0.15) is 47.6 Å². The smallest absolute Gasteiger partial charge is 0.311 e. The van der Waals surface area contributed by atoms with Crippen molar-refractivity contribution in [2.75, 3.05) is 20.3 Å². The molecule has 2 aliphatic heterocycles. The number of aromatic hydroxyl groups is 1. The molecule has 36 heavy (non-hydrogen) atoms. The highest BCUT2D eigenvalue weighted by Gasteiger charge is 2.46. The molecule has 1 fully saturated rings. The molecule has 0 saturated heterocycles. The first-order valence-electron chi connectivity index (χ1n) is 11.7. The van der Waals surface area contributed by atoms with Crippen LogP contribution >= 0.6 is 0 Å². The van der Waals surface area contributed by atoms with Crippen LogP contribution < -0.4 is 16.2 Å². The Labute approximate surface area is 205 Å². The molecule has 2 bridgehead atoms. The molecule has 1 saturated carbocycles. The van der Waals surface area contributed by atoms with Gasteiger partial charge >= 0.3 is 11.8 Å². The van der Waals surface area contributed by atoms with Crippen molar-refractivity contribution in [2.24, 2.45) is 5.92 Å². The van der Waals surface area contributed by atoms with Crippen molar-refractivity contribution in [1.82, 2.24) is 25.1 Å². The van der Waals surface area contributed by atoms with Crippen molar-refractivity contribution in [1.29, 1.82) is 0 Å². The number of fused-ring (bicyclic) bond motifs is 2. The van der Waals surface area contributed by atoms with Gasteiger partial charge in [0.2, 0.25) is 5.75 Å². The molecule has 3 amide bonds. The molecule has 0 spiro atoms. The number of carbonyl (C=O) groups excluding carboxylic acids is 3. The lowest BCUT2D eigenvalue weighted by atomic mass is 9.77. The van der Waals surface area contributed by atoms with Gasteiger partial charge in [0.05, 0.1) is 5.54 Å². The number of aromatic nitrogens is 2. The van der Waals surface area contributed by atoms with Crippen molar-refractivity contribution in [2.45, 2.75) is 44.3 Å². The molecule has 3 heterocycles. The van der Waals surface area contributed by atoms with Crippen molar-refractivity contribution >= 4 is 17.7 Å². The van der Waals surface area contributed by atoms with Crippen molar-refractivity contribution in [3.8, 4) is 5.75 Å². The molecule has 1 aromatic carbocycles. The van der Waals surface area contributed by atoms with E-state index in [1.54, 1.807) is 0 Å². The summed E-state index contributed by atoms with van der Waals surface area (Å²) in [5, 5.41) is 15.8. The number of benzene rings is 1. The van der Waals surface area contributed by atoms with Crippen LogP contribution in [0, 0.1) is 11.7 Å². The van der Waals surface area contributed by atoms with Gasteiger partial charge in [-0.2, -0.15) is 0 Å². The van der Waals surface area contributed by atoms with Gasteiger partial charge in [0.15, 0.2) is 5.69 Å². The summed E-state index contributed by atoms with van der Waals surface area (Å²) in [4.78, 5) is 56.5. The average molecular weight is 504 g/mol. The van der Waals surface area contributed by atoms with E-state index in [9.17, 15) is 33.1 Å². The molecule has 12 heteroatoms. The third-order valence-corrected chi connectivity index (χ3v) is 6.87. The van der Waals surface area contributed by atoms with Crippen LogP contribution in [0.3, 0.4) is 0 Å². The molecule has 3 aliphatic rings. The SMILES string of the molecule is CN(CCF)C(=O)C(=O)NC12CCC(CC1)Cn1c2nc(C(=O)NCc2ccc(F)cc2)c(O)c1=O. The number of amides is 3. The van der Waals surface area contributed by atoms with E-state index in [4.69, 9.17) is 0 Å². The predicted molar refractivity (Wildman–Crippen MR) is 123 cm³/mol. The van der Waals surface area contributed by atoms with Gasteiger partial charge in [-0.05, 0) is 49.3 Å². The van der Waals surface area contributed by atoms with Crippen molar-refractivity contribution in [3.63, 3.8) is 0 Å². The van der Waals surface area contributed by atoms with Gasteiger partial charge in [0, 0.05) is 26.7 Å². The van der Waals surface area contributed by atoms with Gasteiger partial charge in [-0.3, -0.25) is 23.7 Å². The minimum Gasteiger partial charge on any atom is -0.501 e. The summed E-state index contributed by atoms with van der Waals surface area (Å²) in [6.07, 6.45) is 2.00. The number of hydrogen-bond acceptors (Lipinski definition) is 6. The maximum Gasteiger partial charge on any atom is 0.311 e. The number of carbonyl (C=O) groups is 3. The predicted octanol–water partition coefficient (Wildman–Crippen LogP) is 0.961. The van der Waals surface area contributed by atoms with Gasteiger partial charge in [-0.1, -0.05) is 12.1 Å². The third kappa shape index (κ3) is 4.79. The Kier molecular flexibility index (Phi) is 7.04. The summed E-state index contributed by atoms with van der Waals surface area (Å²) in [5.74, 6) is -3.79. The topological polar surface area (TPSA) is 134 Å². The fraction of sp³-hybridized carbons (Fsp3) is 0.458. The maximum absolute atomic E-state index is 13.1. The number of rotatable bonds is 6. The molecular formula is C24H27F2N5O5. The summed E-state index contributed by atoms with van der Waals surface area (Å²) in [6.45, 7) is -0.808. The minimum absolute atomic E-state index is 0.00197. The summed E-state index contributed by atoms with van der Waals surface area (Å²) >= 11 is 0. The molecule has 192 valence electrons. The Morgan fingerprint density at radius 1 is 1.22 bits per heavy atom. The molecule has 10 nitrogen and oxygen atoms in total. The van der Waals surface area contributed by atoms with E-state index in [0.29, 0.717) is 31.2 Å². The first kappa shape index (κ1) is 25.3. The van der Waals surface area contributed by atoms with Crippen LogP contribution in [0.5, 0.6) is 5.75 Å². The standard InChI is InChI=1S/C24H27F2N5O5/c1-30(11-10-25)22(36)20(34)29-24-8-6-15(7-9-24)13-31-21(35)18(32)17(28-23(24)31)19(33)27-12-14-2-4-16(26)5-3-14/h2-5,15,32H,6-13H2,1H3,(H,27,33)(H,29,34). The highest BCUT2D eigenvalue weighted by Crippen LogP contribution is 2.42. The summed E-state index contributed by atoms with van der Waals surface area (Å²) in [6, 6.07) is 5.44. The Bertz CT molecular complexity index is 1240. The molecule has 0 radical (unpaired) electrons. The first-order valence-corrected chi connectivity index (χ1v) is 11.7. The lowest BCUT2D eigenvalue weighted by Crippen LogP contribution is -2.54. The Morgan fingerprint density at radius 2 is 1.89 bits per heavy atom. The average Bonchev–Trinajstić information content (AvgIpc) is 3.11. The monoisotopic (exact) mass is 503 g/mol. The molecule has 2 aromatic rings. The lowest BCUT2D eigenvalue weighted by molar-refractivity contribution is -0.146. The molecule has 0 atom stereocenters. The minimum atomic E-state index is -1.21. The molecule has 0 unspecified atom stereocenters. The van der Waals surface area contributed by atoms with Gasteiger partial charge in [-0.25, -0.2) is 13.8 Å². The van der Waals surface area contributed by atoms with Crippen molar-refractivity contribution in [3.05, 3.63) is 57.5 Å². The number of likely N-dealkylation sites (N-methyl/N-ethyl adjacent to an activating group) is 1. The largest absolute Gasteiger partial charge is 0.501 e. The quantitative estimate of drug-likeness (QED) is 0.503. The second kappa shape index (κ2) is 10.0. The van der Waals surface area contributed by atoms with E-state index in [2.05, 4.69) is 15.6 Å². The molecule has 1 aromatic heterocycles. The van der Waals surface area contributed by atoms with Crippen LogP contribution in [0.15, 0.2) is 29.1 Å². The lowest BCUT2D eigenvalue weighted by Gasteiger charge is -2.37. The zero-order chi connectivity index (χ0) is 26.0. The van der Waals surface area contributed by atoms with E-state index in [0.717, 1.165) is 4.90 Å². The molecular weight excluding hydrogens is 476 g/mol. The molecule has 3 N–H and O–H groups in total. The van der Waals surface area contributed by atoms with Crippen LogP contribution in [0.2, 0.25) is 0 Å². The van der Waals surface area contributed by atoms with E-state index in [-0.39, 0.29) is 31.4 Å². The molecule has 5 rings (SSSR count). The molecule has 1 aliphatic carbocycles. The Morgan fingerprint density at radius 3 is 2.53 bits per heavy atom. The zero-order valence-corrected chi connectivity index (χ0v) is 19.7. The fourth-order valence-electron chi connectivity index (χ4n) is 4.79. The van der Waals surface area contributed by atoms with Gasteiger partial charge in [-0.15, -0.1) is 0 Å². The normalized spacial score (nSPS) is 20.2. The summed E-state index contributed by atoms with van der Waals surface area (Å²) in [7, 11) is 1.31. The van der Waals surface area contributed by atoms with Crippen molar-refractivity contribution < 1.29 is 28.3 Å². The van der Waals surface area contributed by atoms with Crippen LogP contribution in [0.4, 0.5) is 8.78 Å². The number of nitrogens with zero attached hydrogens (tertiary/aromatic N) is 3. The van der Waals surface area contributed by atoms with E-state index < -0.39 is 52.8 Å². The van der Waals surface area contributed by atoms with E-state index in [1.165, 1.54) is 35.9 Å². The highest BCUT2D eigenvalue weighted by atomic mass is 19.1. The third-order valence-electron chi connectivity index (χ3n) is 6.87. The van der Waals surface area contributed by atoms with Gasteiger partial charge < -0.3 is 20.6 Å². The van der Waals surface area contributed by atoms with Gasteiger partial charge in [0.1, 0.15) is 18.3 Å². The second-order valence-corrected chi connectivity index (χ2v) is 9.25. The Balaban J connectivity index is 1.67. The summed E-state index contributed by atoms with van der Waals surface area (Å²) in [5.41, 5.74) is -1.95.